The van der Waals surface area contributed by atoms with Crippen molar-refractivity contribution in [2.24, 2.45) is 11.8 Å². The summed E-state index contributed by atoms with van der Waals surface area (Å²) in [5.41, 5.74) is 1.20. The highest BCUT2D eigenvalue weighted by Gasteiger charge is 2.37. The molecule has 0 unspecified atom stereocenters. The molecule has 2 atom stereocenters. The van der Waals surface area contributed by atoms with Crippen LogP contribution in [0.15, 0.2) is 24.3 Å². The minimum absolute atomic E-state index is 0.0994. The summed E-state index contributed by atoms with van der Waals surface area (Å²) in [6.45, 7) is 10.3. The molecule has 24 heavy (non-hydrogen) atoms. The molecule has 0 spiro atoms. The second kappa shape index (κ2) is 7.99. The summed E-state index contributed by atoms with van der Waals surface area (Å²) < 4.78 is 11.1. The van der Waals surface area contributed by atoms with Crippen LogP contribution in [0.25, 0.3) is 0 Å². The van der Waals surface area contributed by atoms with Crippen LogP contribution in [-0.2, 0) is 16.1 Å². The van der Waals surface area contributed by atoms with Gasteiger partial charge in [-0.3, -0.25) is 9.69 Å². The summed E-state index contributed by atoms with van der Waals surface area (Å²) >= 11 is 0. The lowest BCUT2D eigenvalue weighted by atomic mass is 9.96. The lowest BCUT2D eigenvalue weighted by molar-refractivity contribution is -0.140. The molecule has 2 aliphatic rings. The van der Waals surface area contributed by atoms with Gasteiger partial charge in [0, 0.05) is 38.3 Å². The van der Waals surface area contributed by atoms with Crippen molar-refractivity contribution in [3.8, 4) is 5.75 Å². The third-order valence-corrected chi connectivity index (χ3v) is 4.99. The zero-order chi connectivity index (χ0) is 16.9. The maximum absolute atomic E-state index is 12.8. The van der Waals surface area contributed by atoms with Gasteiger partial charge in [0.25, 0.3) is 0 Å². The first-order valence-electron chi connectivity index (χ1n) is 8.98. The fraction of sp³-hybridized carbons (Fsp3) is 0.632. The molecule has 0 aliphatic carbocycles. The van der Waals surface area contributed by atoms with Crippen molar-refractivity contribution in [1.29, 1.82) is 0 Å². The smallest absolute Gasteiger partial charge is 0.227 e. The van der Waals surface area contributed by atoms with E-state index in [9.17, 15) is 4.79 Å². The Bertz CT molecular complexity index is 557. The van der Waals surface area contributed by atoms with Crippen LogP contribution in [0, 0.1) is 11.8 Å². The summed E-state index contributed by atoms with van der Waals surface area (Å²) in [6, 6.07) is 8.20. The maximum Gasteiger partial charge on any atom is 0.227 e. The lowest BCUT2D eigenvalue weighted by Crippen LogP contribution is -2.45. The van der Waals surface area contributed by atoms with E-state index in [4.69, 9.17) is 9.47 Å². The standard InChI is InChI=1S/C19H28N2O3/c1-3-24-18-7-5-4-6-16(18)13-20-12-15(2)17(14-20)19(22)21-8-10-23-11-9-21/h4-7,15,17H,3,8-14H2,1-2H3/t15-,17-/m1/s1. The monoisotopic (exact) mass is 332 g/mol. The van der Waals surface area contributed by atoms with Gasteiger partial charge in [0.05, 0.1) is 25.7 Å². The summed E-state index contributed by atoms with van der Waals surface area (Å²) in [5.74, 6) is 1.74. The topological polar surface area (TPSA) is 42.0 Å². The van der Waals surface area contributed by atoms with E-state index in [0.29, 0.717) is 31.6 Å². The van der Waals surface area contributed by atoms with Crippen LogP contribution < -0.4 is 4.74 Å². The van der Waals surface area contributed by atoms with Gasteiger partial charge >= 0.3 is 0 Å². The highest BCUT2D eigenvalue weighted by Crippen LogP contribution is 2.28. The number of ether oxygens (including phenoxy) is 2. The molecule has 5 nitrogen and oxygen atoms in total. The third kappa shape index (κ3) is 3.90. The predicted octanol–water partition coefficient (Wildman–Crippen LogP) is 2.01. The van der Waals surface area contributed by atoms with Crippen molar-refractivity contribution in [2.75, 3.05) is 46.0 Å². The first-order chi connectivity index (χ1) is 11.7. The number of carbonyl (C=O) groups is 1. The van der Waals surface area contributed by atoms with Crippen LogP contribution in [0.3, 0.4) is 0 Å². The fourth-order valence-corrected chi connectivity index (χ4v) is 3.71. The molecule has 1 aromatic rings. The number of amides is 1. The molecule has 3 rings (SSSR count). The Morgan fingerprint density at radius 1 is 1.25 bits per heavy atom. The van der Waals surface area contributed by atoms with Crippen LogP contribution >= 0.6 is 0 Å². The Kier molecular flexibility index (Phi) is 5.74. The molecule has 2 saturated heterocycles. The number of likely N-dealkylation sites (tertiary alicyclic amines) is 1. The molecule has 5 heteroatoms. The van der Waals surface area contributed by atoms with E-state index < -0.39 is 0 Å². The molecule has 2 fully saturated rings. The predicted molar refractivity (Wildman–Crippen MR) is 92.9 cm³/mol. The van der Waals surface area contributed by atoms with E-state index in [-0.39, 0.29) is 5.92 Å². The van der Waals surface area contributed by atoms with E-state index in [2.05, 4.69) is 17.9 Å². The zero-order valence-corrected chi connectivity index (χ0v) is 14.7. The number of carbonyl (C=O) groups excluding carboxylic acids is 1. The molecule has 0 bridgehead atoms. The minimum Gasteiger partial charge on any atom is -0.494 e. The van der Waals surface area contributed by atoms with Crippen molar-refractivity contribution >= 4 is 5.91 Å². The molecule has 0 N–H and O–H groups in total. The quantitative estimate of drug-likeness (QED) is 0.827. The molecule has 1 amide bonds. The van der Waals surface area contributed by atoms with Crippen molar-refractivity contribution in [2.45, 2.75) is 20.4 Å². The molecule has 1 aromatic carbocycles. The number of rotatable bonds is 5. The average molecular weight is 332 g/mol. The number of para-hydroxylation sites is 1. The van der Waals surface area contributed by atoms with Gasteiger partial charge in [-0.1, -0.05) is 25.1 Å². The number of nitrogens with zero attached hydrogens (tertiary/aromatic N) is 2. The number of benzene rings is 1. The second-order valence-corrected chi connectivity index (χ2v) is 6.76. The van der Waals surface area contributed by atoms with Gasteiger partial charge in [0.1, 0.15) is 5.75 Å². The van der Waals surface area contributed by atoms with E-state index >= 15 is 0 Å². The Hall–Kier alpha value is -1.59. The van der Waals surface area contributed by atoms with Gasteiger partial charge in [-0.25, -0.2) is 0 Å². The van der Waals surface area contributed by atoms with Gasteiger partial charge < -0.3 is 14.4 Å². The second-order valence-electron chi connectivity index (χ2n) is 6.76. The SMILES string of the molecule is CCOc1ccccc1CN1C[C@@H](C)[C@H](C(=O)N2CCOCC2)C1. The highest BCUT2D eigenvalue weighted by atomic mass is 16.5. The average Bonchev–Trinajstić information content (AvgIpc) is 2.97. The third-order valence-electron chi connectivity index (χ3n) is 4.99. The molecular formula is C19H28N2O3. The molecular weight excluding hydrogens is 304 g/mol. The molecule has 0 aromatic heterocycles. The maximum atomic E-state index is 12.8. The fourth-order valence-electron chi connectivity index (χ4n) is 3.71. The largest absolute Gasteiger partial charge is 0.494 e. The zero-order valence-electron chi connectivity index (χ0n) is 14.7. The molecule has 2 aliphatic heterocycles. The van der Waals surface area contributed by atoms with Crippen LogP contribution in [0.2, 0.25) is 0 Å². The van der Waals surface area contributed by atoms with E-state index in [1.54, 1.807) is 0 Å². The van der Waals surface area contributed by atoms with Crippen LogP contribution in [0.5, 0.6) is 5.75 Å². The number of hydrogen-bond donors (Lipinski definition) is 0. The summed E-state index contributed by atoms with van der Waals surface area (Å²) in [4.78, 5) is 17.2. The van der Waals surface area contributed by atoms with Gasteiger partial charge in [0.15, 0.2) is 0 Å². The van der Waals surface area contributed by atoms with Crippen LogP contribution in [0.1, 0.15) is 19.4 Å². The Morgan fingerprint density at radius 2 is 2.00 bits per heavy atom. The normalized spacial score (nSPS) is 25.0. The van der Waals surface area contributed by atoms with Crippen LogP contribution in [0.4, 0.5) is 0 Å². The van der Waals surface area contributed by atoms with Gasteiger partial charge in [-0.15, -0.1) is 0 Å². The number of hydrogen-bond acceptors (Lipinski definition) is 4. The van der Waals surface area contributed by atoms with Crippen molar-refractivity contribution in [3.05, 3.63) is 29.8 Å². The Morgan fingerprint density at radius 3 is 2.75 bits per heavy atom. The summed E-state index contributed by atoms with van der Waals surface area (Å²) in [7, 11) is 0. The Balaban J connectivity index is 1.62. The van der Waals surface area contributed by atoms with Crippen molar-refractivity contribution < 1.29 is 14.3 Å². The molecule has 0 saturated carbocycles. The molecule has 132 valence electrons. The first-order valence-corrected chi connectivity index (χ1v) is 8.98. The van der Waals surface area contributed by atoms with Gasteiger partial charge in [-0.05, 0) is 18.9 Å². The summed E-state index contributed by atoms with van der Waals surface area (Å²) in [6.07, 6.45) is 0. The molecule has 0 radical (unpaired) electrons. The van der Waals surface area contributed by atoms with Crippen molar-refractivity contribution in [1.82, 2.24) is 9.80 Å². The summed E-state index contributed by atoms with van der Waals surface area (Å²) in [5, 5.41) is 0. The van der Waals surface area contributed by atoms with Crippen molar-refractivity contribution in [3.63, 3.8) is 0 Å². The highest BCUT2D eigenvalue weighted by molar-refractivity contribution is 5.79. The van der Waals surface area contributed by atoms with E-state index in [1.165, 1.54) is 5.56 Å². The minimum atomic E-state index is 0.0994. The Labute approximate surface area is 144 Å². The molecule has 2 heterocycles. The number of morpholine rings is 1. The lowest BCUT2D eigenvalue weighted by Gasteiger charge is -2.30. The van der Waals surface area contributed by atoms with Gasteiger partial charge in [-0.2, -0.15) is 0 Å². The van der Waals surface area contributed by atoms with E-state index in [0.717, 1.165) is 38.5 Å². The van der Waals surface area contributed by atoms with E-state index in [1.807, 2.05) is 30.0 Å². The van der Waals surface area contributed by atoms with Gasteiger partial charge in [0.2, 0.25) is 5.91 Å². The van der Waals surface area contributed by atoms with Crippen LogP contribution in [-0.4, -0.2) is 61.7 Å². The first kappa shape index (κ1) is 17.2.